The van der Waals surface area contributed by atoms with Crippen molar-refractivity contribution < 1.29 is 9.47 Å². The van der Waals surface area contributed by atoms with Crippen LogP contribution in [-0.4, -0.2) is 14.2 Å². The second-order valence-electron chi connectivity index (χ2n) is 2.46. The highest BCUT2D eigenvalue weighted by Gasteiger charge is 2.04. The largest absolute Gasteiger partial charge is 0.496 e. The molecule has 0 bridgehead atoms. The molecule has 0 saturated carbocycles. The highest BCUT2D eigenvalue weighted by atomic mass is 79.9. The maximum atomic E-state index is 5.14. The van der Waals surface area contributed by atoms with E-state index in [0.29, 0.717) is 0 Å². The minimum atomic E-state index is 0.789. The monoisotopic (exact) mass is 260 g/mol. The van der Waals surface area contributed by atoms with E-state index < -0.39 is 0 Å². The molecule has 0 spiro atoms. The molecule has 0 radical (unpaired) electrons. The number of benzene rings is 1. The third kappa shape index (κ3) is 3.22. The van der Waals surface area contributed by atoms with Crippen LogP contribution in [0, 0.1) is 6.92 Å². The van der Waals surface area contributed by atoms with E-state index in [0.717, 1.165) is 21.5 Å². The summed E-state index contributed by atoms with van der Waals surface area (Å²) in [7, 11) is 3.28. The van der Waals surface area contributed by atoms with E-state index in [4.69, 9.17) is 9.47 Å². The maximum absolute atomic E-state index is 5.14. The number of aryl methyl sites for hydroxylation is 1. The third-order valence-electron chi connectivity index (χ3n) is 1.67. The zero-order valence-corrected chi connectivity index (χ0v) is 10.9. The molecular weight excluding hydrogens is 244 g/mol. The van der Waals surface area contributed by atoms with Crippen LogP contribution < -0.4 is 9.47 Å². The lowest BCUT2D eigenvalue weighted by atomic mass is 10.2. The van der Waals surface area contributed by atoms with Crippen molar-refractivity contribution in [2.24, 2.45) is 0 Å². The first-order valence-corrected chi connectivity index (χ1v) is 5.36. The molecule has 0 unspecified atom stereocenters. The number of rotatable bonds is 2. The Labute approximate surface area is 94.4 Å². The molecule has 0 aromatic heterocycles. The molecule has 1 aromatic carbocycles. The van der Waals surface area contributed by atoms with Gasteiger partial charge in [-0.25, -0.2) is 0 Å². The number of hydrogen-bond donors (Lipinski definition) is 0. The van der Waals surface area contributed by atoms with Crippen molar-refractivity contribution in [3.8, 4) is 11.5 Å². The van der Waals surface area contributed by atoms with Crippen LogP contribution >= 0.6 is 15.9 Å². The van der Waals surface area contributed by atoms with Gasteiger partial charge in [0.2, 0.25) is 0 Å². The Bertz CT molecular complexity index is 260. The summed E-state index contributed by atoms with van der Waals surface area (Å²) in [5.74, 6) is 1.63. The predicted molar refractivity (Wildman–Crippen MR) is 63.3 cm³/mol. The molecule has 0 aliphatic heterocycles. The van der Waals surface area contributed by atoms with Crippen molar-refractivity contribution in [2.45, 2.75) is 20.8 Å². The van der Waals surface area contributed by atoms with Gasteiger partial charge in [-0.3, -0.25) is 0 Å². The zero-order chi connectivity index (χ0) is 11.1. The van der Waals surface area contributed by atoms with Crippen molar-refractivity contribution >= 4 is 15.9 Å². The van der Waals surface area contributed by atoms with Gasteiger partial charge in [-0.1, -0.05) is 13.8 Å². The molecule has 2 nitrogen and oxygen atoms in total. The molecule has 0 amide bonds. The van der Waals surface area contributed by atoms with Crippen molar-refractivity contribution in [1.29, 1.82) is 0 Å². The molecule has 0 atom stereocenters. The van der Waals surface area contributed by atoms with E-state index in [2.05, 4.69) is 15.9 Å². The van der Waals surface area contributed by atoms with Crippen LogP contribution in [-0.2, 0) is 0 Å². The van der Waals surface area contributed by atoms with E-state index in [1.807, 2.05) is 32.9 Å². The second kappa shape index (κ2) is 6.71. The molecular formula is C11H17BrO2. The molecule has 0 fully saturated rings. The molecule has 3 heteroatoms. The van der Waals surface area contributed by atoms with Gasteiger partial charge in [-0.05, 0) is 34.5 Å². The summed E-state index contributed by atoms with van der Waals surface area (Å²) in [5.41, 5.74) is 1.09. The fourth-order valence-corrected chi connectivity index (χ4v) is 1.63. The molecule has 1 aromatic rings. The summed E-state index contributed by atoms with van der Waals surface area (Å²) in [5, 5.41) is 0. The van der Waals surface area contributed by atoms with Gasteiger partial charge in [-0.2, -0.15) is 0 Å². The fourth-order valence-electron chi connectivity index (χ4n) is 1.01. The number of ether oxygens (including phenoxy) is 2. The van der Waals surface area contributed by atoms with Gasteiger partial charge in [0, 0.05) is 6.07 Å². The lowest BCUT2D eigenvalue weighted by molar-refractivity contribution is 0.390. The van der Waals surface area contributed by atoms with E-state index in [1.54, 1.807) is 14.2 Å². The molecule has 0 aliphatic rings. The Kier molecular flexibility index (Phi) is 6.37. The molecule has 14 heavy (non-hydrogen) atoms. The zero-order valence-electron chi connectivity index (χ0n) is 9.35. The number of halogens is 1. The number of hydrogen-bond acceptors (Lipinski definition) is 2. The summed E-state index contributed by atoms with van der Waals surface area (Å²) < 4.78 is 11.2. The van der Waals surface area contributed by atoms with E-state index in [1.165, 1.54) is 0 Å². The topological polar surface area (TPSA) is 18.5 Å². The Balaban J connectivity index is 0.000000791. The maximum Gasteiger partial charge on any atom is 0.136 e. The first kappa shape index (κ1) is 13.3. The summed E-state index contributed by atoms with van der Waals surface area (Å²) in [4.78, 5) is 0. The van der Waals surface area contributed by atoms with Crippen LogP contribution in [0.4, 0.5) is 0 Å². The normalized spacial score (nSPS) is 8.71. The lowest BCUT2D eigenvalue weighted by Crippen LogP contribution is -1.90. The van der Waals surface area contributed by atoms with Gasteiger partial charge < -0.3 is 9.47 Å². The van der Waals surface area contributed by atoms with E-state index >= 15 is 0 Å². The molecule has 0 saturated heterocycles. The Morgan fingerprint density at radius 1 is 1.00 bits per heavy atom. The summed E-state index contributed by atoms with van der Waals surface area (Å²) >= 11 is 3.39. The molecule has 80 valence electrons. The fraction of sp³-hybridized carbons (Fsp3) is 0.455. The number of methoxy groups -OCH3 is 2. The van der Waals surface area contributed by atoms with Crippen LogP contribution in [0.2, 0.25) is 0 Å². The average Bonchev–Trinajstić information content (AvgIpc) is 2.21. The summed E-state index contributed by atoms with van der Waals surface area (Å²) in [6, 6.07) is 3.83. The van der Waals surface area contributed by atoms with Gasteiger partial charge in [-0.15, -0.1) is 0 Å². The quantitative estimate of drug-likeness (QED) is 0.806. The Morgan fingerprint density at radius 3 is 1.93 bits per heavy atom. The van der Waals surface area contributed by atoms with Gasteiger partial charge >= 0.3 is 0 Å². The van der Waals surface area contributed by atoms with Crippen LogP contribution in [0.1, 0.15) is 19.4 Å². The van der Waals surface area contributed by atoms with E-state index in [9.17, 15) is 0 Å². The van der Waals surface area contributed by atoms with Crippen LogP contribution in [0.25, 0.3) is 0 Å². The molecule has 1 rings (SSSR count). The minimum absolute atomic E-state index is 0.789. The first-order valence-electron chi connectivity index (χ1n) is 4.57. The van der Waals surface area contributed by atoms with Crippen LogP contribution in [0.5, 0.6) is 11.5 Å². The van der Waals surface area contributed by atoms with Gasteiger partial charge in [0.15, 0.2) is 0 Å². The molecule has 0 aliphatic carbocycles. The summed E-state index contributed by atoms with van der Waals surface area (Å²) in [6.45, 7) is 5.99. The van der Waals surface area contributed by atoms with Crippen molar-refractivity contribution in [1.82, 2.24) is 0 Å². The predicted octanol–water partition coefficient (Wildman–Crippen LogP) is 3.80. The highest BCUT2D eigenvalue weighted by molar-refractivity contribution is 9.10. The lowest BCUT2D eigenvalue weighted by Gasteiger charge is -2.08. The van der Waals surface area contributed by atoms with E-state index in [-0.39, 0.29) is 0 Å². The Hall–Kier alpha value is -0.700. The SMILES string of the molecule is CC.COc1cc(OC)c(Br)cc1C. The minimum Gasteiger partial charge on any atom is -0.496 e. The second-order valence-corrected chi connectivity index (χ2v) is 3.31. The first-order chi connectivity index (χ1) is 6.69. The van der Waals surface area contributed by atoms with Crippen molar-refractivity contribution in [2.75, 3.05) is 14.2 Å². The average molecular weight is 261 g/mol. The molecule has 0 N–H and O–H groups in total. The summed E-state index contributed by atoms with van der Waals surface area (Å²) in [6.07, 6.45) is 0. The highest BCUT2D eigenvalue weighted by Crippen LogP contribution is 2.31. The van der Waals surface area contributed by atoms with Crippen LogP contribution in [0.15, 0.2) is 16.6 Å². The third-order valence-corrected chi connectivity index (χ3v) is 2.29. The molecule has 0 heterocycles. The standard InChI is InChI=1S/C9H11BrO2.C2H6/c1-6-4-7(10)9(12-3)5-8(6)11-2;1-2/h4-5H,1-3H3;1-2H3. The Morgan fingerprint density at radius 2 is 1.50 bits per heavy atom. The van der Waals surface area contributed by atoms with Gasteiger partial charge in [0.05, 0.1) is 18.7 Å². The smallest absolute Gasteiger partial charge is 0.136 e. The van der Waals surface area contributed by atoms with Gasteiger partial charge in [0.1, 0.15) is 11.5 Å². The van der Waals surface area contributed by atoms with Crippen molar-refractivity contribution in [3.05, 3.63) is 22.2 Å². The van der Waals surface area contributed by atoms with Crippen molar-refractivity contribution in [3.63, 3.8) is 0 Å². The van der Waals surface area contributed by atoms with Gasteiger partial charge in [0.25, 0.3) is 0 Å². The van der Waals surface area contributed by atoms with Crippen LogP contribution in [0.3, 0.4) is 0 Å².